The first kappa shape index (κ1) is 11.1. The molecule has 1 fully saturated rings. The Morgan fingerprint density at radius 3 is 3.12 bits per heavy atom. The van der Waals surface area contributed by atoms with Gasteiger partial charge in [-0.1, -0.05) is 0 Å². The number of hydrogen-bond donors (Lipinski definition) is 0. The molecule has 1 aromatic heterocycles. The Hall–Kier alpha value is -1.36. The molecule has 0 unspecified atom stereocenters. The molecule has 1 aliphatic rings. The molecule has 0 bridgehead atoms. The summed E-state index contributed by atoms with van der Waals surface area (Å²) in [7, 11) is 3.53. The minimum atomic E-state index is 0.0140. The average molecular weight is 223 g/mol. The minimum absolute atomic E-state index is 0.0140. The third-order valence-corrected chi connectivity index (χ3v) is 2.92. The van der Waals surface area contributed by atoms with Crippen molar-refractivity contribution < 1.29 is 9.53 Å². The Labute approximate surface area is 95.0 Å². The lowest BCUT2D eigenvalue weighted by Gasteiger charge is -2.23. The van der Waals surface area contributed by atoms with Crippen LogP contribution in [0.15, 0.2) is 12.5 Å². The van der Waals surface area contributed by atoms with Crippen LogP contribution in [0.2, 0.25) is 0 Å². The molecule has 0 spiro atoms. The Morgan fingerprint density at radius 2 is 2.50 bits per heavy atom. The minimum Gasteiger partial charge on any atom is -0.383 e. The van der Waals surface area contributed by atoms with Crippen LogP contribution in [0.25, 0.3) is 0 Å². The van der Waals surface area contributed by atoms with E-state index in [2.05, 4.69) is 4.98 Å². The van der Waals surface area contributed by atoms with Crippen molar-refractivity contribution in [1.82, 2.24) is 14.5 Å². The highest BCUT2D eigenvalue weighted by molar-refractivity contribution is 5.92. The smallest absolute Gasteiger partial charge is 0.274 e. The van der Waals surface area contributed by atoms with Gasteiger partial charge in [0, 0.05) is 26.9 Å². The standard InChI is InChI=1S/C11H17N3O2/c1-13-6-10(12-8-13)11(15)14-5-3-4-9(14)7-16-2/h6,8-9H,3-5,7H2,1-2H3/t9-/m0/s1. The first-order valence-electron chi connectivity index (χ1n) is 5.50. The van der Waals surface area contributed by atoms with E-state index in [9.17, 15) is 4.79 Å². The van der Waals surface area contributed by atoms with Crippen molar-refractivity contribution in [2.45, 2.75) is 18.9 Å². The van der Waals surface area contributed by atoms with Crippen molar-refractivity contribution in [1.29, 1.82) is 0 Å². The second-order valence-electron chi connectivity index (χ2n) is 4.17. The van der Waals surface area contributed by atoms with Gasteiger partial charge in [-0.3, -0.25) is 4.79 Å². The number of nitrogens with zero attached hydrogens (tertiary/aromatic N) is 3. The van der Waals surface area contributed by atoms with Gasteiger partial charge in [-0.15, -0.1) is 0 Å². The molecule has 0 aromatic carbocycles. The summed E-state index contributed by atoms with van der Waals surface area (Å²) in [4.78, 5) is 18.1. The summed E-state index contributed by atoms with van der Waals surface area (Å²) in [5, 5.41) is 0. The van der Waals surface area contributed by atoms with Crippen LogP contribution in [0.5, 0.6) is 0 Å². The lowest BCUT2D eigenvalue weighted by atomic mass is 10.2. The molecule has 1 amide bonds. The number of methoxy groups -OCH3 is 1. The van der Waals surface area contributed by atoms with Gasteiger partial charge in [-0.25, -0.2) is 4.98 Å². The van der Waals surface area contributed by atoms with E-state index in [-0.39, 0.29) is 11.9 Å². The number of rotatable bonds is 3. The van der Waals surface area contributed by atoms with Crippen molar-refractivity contribution >= 4 is 5.91 Å². The average Bonchev–Trinajstić information content (AvgIpc) is 2.87. The summed E-state index contributed by atoms with van der Waals surface area (Å²) in [6.45, 7) is 1.42. The quantitative estimate of drug-likeness (QED) is 0.756. The topological polar surface area (TPSA) is 47.4 Å². The van der Waals surface area contributed by atoms with E-state index in [0.29, 0.717) is 12.3 Å². The van der Waals surface area contributed by atoms with Crippen molar-refractivity contribution in [3.8, 4) is 0 Å². The molecule has 0 N–H and O–H groups in total. The first-order chi connectivity index (χ1) is 7.72. The number of carbonyl (C=O) groups is 1. The SMILES string of the molecule is COC[C@@H]1CCCN1C(=O)c1cn(C)cn1. The van der Waals surface area contributed by atoms with Crippen molar-refractivity contribution in [3.05, 3.63) is 18.2 Å². The molecular weight excluding hydrogens is 206 g/mol. The van der Waals surface area contributed by atoms with Crippen molar-refractivity contribution in [3.63, 3.8) is 0 Å². The molecule has 0 radical (unpaired) electrons. The van der Waals surface area contributed by atoms with E-state index in [1.807, 2.05) is 11.9 Å². The first-order valence-corrected chi connectivity index (χ1v) is 5.50. The van der Waals surface area contributed by atoms with Crippen molar-refractivity contribution in [2.75, 3.05) is 20.3 Å². The zero-order chi connectivity index (χ0) is 11.5. The highest BCUT2D eigenvalue weighted by atomic mass is 16.5. The molecular formula is C11H17N3O2. The number of carbonyl (C=O) groups excluding carboxylic acids is 1. The number of hydrogen-bond acceptors (Lipinski definition) is 3. The van der Waals surface area contributed by atoms with Crippen LogP contribution in [0.4, 0.5) is 0 Å². The van der Waals surface area contributed by atoms with Gasteiger partial charge < -0.3 is 14.2 Å². The highest BCUT2D eigenvalue weighted by Gasteiger charge is 2.30. The zero-order valence-electron chi connectivity index (χ0n) is 9.72. The summed E-state index contributed by atoms with van der Waals surface area (Å²) >= 11 is 0. The molecule has 16 heavy (non-hydrogen) atoms. The van der Waals surface area contributed by atoms with Crippen molar-refractivity contribution in [2.24, 2.45) is 7.05 Å². The second kappa shape index (κ2) is 4.65. The molecule has 5 nitrogen and oxygen atoms in total. The predicted octanol–water partition coefficient (Wildman–Crippen LogP) is 0.671. The van der Waals surface area contributed by atoms with Gasteiger partial charge in [0.15, 0.2) is 0 Å². The largest absolute Gasteiger partial charge is 0.383 e. The molecule has 5 heteroatoms. The molecule has 1 saturated heterocycles. The molecule has 88 valence electrons. The van der Waals surface area contributed by atoms with Crippen LogP contribution < -0.4 is 0 Å². The Morgan fingerprint density at radius 1 is 1.69 bits per heavy atom. The van der Waals surface area contributed by atoms with Gasteiger partial charge in [0.25, 0.3) is 5.91 Å². The monoisotopic (exact) mass is 223 g/mol. The zero-order valence-corrected chi connectivity index (χ0v) is 9.72. The van der Waals surface area contributed by atoms with Gasteiger partial charge in [-0.05, 0) is 12.8 Å². The van der Waals surface area contributed by atoms with E-state index in [1.54, 1.807) is 24.2 Å². The summed E-state index contributed by atoms with van der Waals surface area (Å²) in [5.41, 5.74) is 0.519. The van der Waals surface area contributed by atoms with Crippen LogP contribution in [0.1, 0.15) is 23.3 Å². The van der Waals surface area contributed by atoms with Crippen LogP contribution in [0.3, 0.4) is 0 Å². The van der Waals surface area contributed by atoms with Gasteiger partial charge in [0.05, 0.1) is 19.0 Å². The number of ether oxygens (including phenoxy) is 1. The van der Waals surface area contributed by atoms with Gasteiger partial charge in [0.1, 0.15) is 5.69 Å². The Bertz CT molecular complexity index is 375. The molecule has 0 saturated carbocycles. The molecule has 1 atom stereocenters. The summed E-state index contributed by atoms with van der Waals surface area (Å²) in [5.74, 6) is 0.0140. The second-order valence-corrected chi connectivity index (χ2v) is 4.17. The fraction of sp³-hybridized carbons (Fsp3) is 0.636. The van der Waals surface area contributed by atoms with Gasteiger partial charge in [0.2, 0.25) is 0 Å². The maximum Gasteiger partial charge on any atom is 0.274 e. The fourth-order valence-corrected chi connectivity index (χ4v) is 2.14. The maximum absolute atomic E-state index is 12.1. The molecule has 2 rings (SSSR count). The van der Waals surface area contributed by atoms with Gasteiger partial charge in [-0.2, -0.15) is 0 Å². The third-order valence-electron chi connectivity index (χ3n) is 2.92. The fourth-order valence-electron chi connectivity index (χ4n) is 2.14. The van der Waals surface area contributed by atoms with E-state index in [1.165, 1.54) is 0 Å². The van der Waals surface area contributed by atoms with Crippen LogP contribution in [-0.2, 0) is 11.8 Å². The van der Waals surface area contributed by atoms with Crippen LogP contribution in [0, 0.1) is 0 Å². The van der Waals surface area contributed by atoms with Crippen LogP contribution >= 0.6 is 0 Å². The molecule has 1 aromatic rings. The number of aryl methyl sites for hydroxylation is 1. The summed E-state index contributed by atoms with van der Waals surface area (Å²) < 4.78 is 6.91. The molecule has 1 aliphatic heterocycles. The number of aromatic nitrogens is 2. The highest BCUT2D eigenvalue weighted by Crippen LogP contribution is 2.19. The van der Waals surface area contributed by atoms with E-state index in [4.69, 9.17) is 4.74 Å². The maximum atomic E-state index is 12.1. The number of imidazole rings is 1. The predicted molar refractivity (Wildman–Crippen MR) is 59.1 cm³/mol. The van der Waals surface area contributed by atoms with E-state index in [0.717, 1.165) is 19.4 Å². The lowest BCUT2D eigenvalue weighted by Crippen LogP contribution is -2.38. The third kappa shape index (κ3) is 2.09. The van der Waals surface area contributed by atoms with Gasteiger partial charge >= 0.3 is 0 Å². The Kier molecular flexibility index (Phi) is 3.24. The van der Waals surface area contributed by atoms with E-state index < -0.39 is 0 Å². The molecule has 2 heterocycles. The lowest BCUT2D eigenvalue weighted by molar-refractivity contribution is 0.0625. The number of amides is 1. The Balaban J connectivity index is 2.09. The molecule has 0 aliphatic carbocycles. The van der Waals surface area contributed by atoms with Crippen LogP contribution in [-0.4, -0.2) is 46.7 Å². The summed E-state index contributed by atoms with van der Waals surface area (Å²) in [6.07, 6.45) is 5.47. The van der Waals surface area contributed by atoms with E-state index >= 15 is 0 Å². The summed E-state index contributed by atoms with van der Waals surface area (Å²) in [6, 6.07) is 0.208. The number of likely N-dealkylation sites (tertiary alicyclic amines) is 1. The normalized spacial score (nSPS) is 20.4.